The van der Waals surface area contributed by atoms with E-state index in [0.717, 1.165) is 0 Å². The van der Waals surface area contributed by atoms with Crippen LogP contribution in [0.4, 0.5) is 0 Å². The van der Waals surface area contributed by atoms with Gasteiger partial charge in [0.1, 0.15) is 0 Å². The molecular weight excluding hydrogens is 115 g/mol. The van der Waals surface area contributed by atoms with E-state index in [1.165, 1.54) is 25.7 Å². The lowest BCUT2D eigenvalue weighted by Crippen LogP contribution is -1.68. The van der Waals surface area contributed by atoms with Crippen molar-refractivity contribution in [1.29, 1.82) is 0 Å². The maximum absolute atomic E-state index is 2.58. The van der Waals surface area contributed by atoms with E-state index in [2.05, 4.69) is 22.2 Å². The van der Waals surface area contributed by atoms with E-state index in [1.807, 2.05) is 5.82 Å². The fourth-order valence-corrected chi connectivity index (χ4v) is 0.801. The van der Waals surface area contributed by atoms with Crippen LogP contribution in [-0.2, 0) is 0 Å². The Balaban J connectivity index is 2.72. The summed E-state index contributed by atoms with van der Waals surface area (Å²) in [6.07, 6.45) is 7.48. The van der Waals surface area contributed by atoms with Crippen molar-refractivity contribution < 1.29 is 0 Å². The van der Waals surface area contributed by atoms with Crippen LogP contribution in [0.2, 0.25) is 0 Å². The van der Waals surface area contributed by atoms with Gasteiger partial charge in [0.25, 0.3) is 0 Å². The van der Waals surface area contributed by atoms with Crippen molar-refractivity contribution in [2.45, 2.75) is 32.6 Å². The van der Waals surface area contributed by atoms with E-state index in [0.29, 0.717) is 0 Å². The van der Waals surface area contributed by atoms with Gasteiger partial charge in [-0.25, -0.2) is 0 Å². The van der Waals surface area contributed by atoms with Crippen LogP contribution in [0.5, 0.6) is 0 Å². The maximum Gasteiger partial charge on any atom is -0.0347 e. The van der Waals surface area contributed by atoms with Gasteiger partial charge in [0.05, 0.1) is 0 Å². The molecule has 0 amide bonds. The zero-order valence-electron chi connectivity index (χ0n) is 5.56. The Hall–Kier alpha value is 0.170. The van der Waals surface area contributed by atoms with E-state index >= 15 is 0 Å². The number of allylic oxidation sites excluding steroid dienone is 1. The number of rotatable bonds is 4. The van der Waals surface area contributed by atoms with E-state index in [9.17, 15) is 0 Å². The Morgan fingerprint density at radius 3 is 2.62 bits per heavy atom. The molecule has 48 valence electrons. The Labute approximate surface area is 54.6 Å². The molecule has 0 nitrogen and oxygen atoms in total. The highest BCUT2D eigenvalue weighted by atomic mass is 31.0. The van der Waals surface area contributed by atoms with Crippen LogP contribution in [0.1, 0.15) is 32.6 Å². The van der Waals surface area contributed by atoms with Crippen molar-refractivity contribution in [1.82, 2.24) is 0 Å². The molecule has 0 aromatic carbocycles. The van der Waals surface area contributed by atoms with Crippen LogP contribution >= 0.6 is 9.24 Å². The van der Waals surface area contributed by atoms with Crippen molar-refractivity contribution in [3.63, 3.8) is 0 Å². The molecule has 0 aromatic heterocycles. The molecule has 0 heterocycles. The molecule has 0 bridgehead atoms. The summed E-state index contributed by atoms with van der Waals surface area (Å²) in [5.41, 5.74) is 0. The van der Waals surface area contributed by atoms with Crippen LogP contribution < -0.4 is 0 Å². The fraction of sp³-hybridized carbons (Fsp3) is 0.714. The summed E-state index contributed by atoms with van der Waals surface area (Å²) in [7, 11) is 2.58. The summed E-state index contributed by atoms with van der Waals surface area (Å²) >= 11 is 0. The van der Waals surface area contributed by atoms with Crippen LogP contribution in [0.25, 0.3) is 0 Å². The van der Waals surface area contributed by atoms with Crippen LogP contribution in [-0.4, -0.2) is 0 Å². The van der Waals surface area contributed by atoms with E-state index in [4.69, 9.17) is 0 Å². The van der Waals surface area contributed by atoms with Gasteiger partial charge in [-0.15, -0.1) is 9.24 Å². The van der Waals surface area contributed by atoms with E-state index < -0.39 is 0 Å². The zero-order valence-corrected chi connectivity index (χ0v) is 6.72. The number of hydrogen-bond donors (Lipinski definition) is 0. The Morgan fingerprint density at radius 2 is 2.12 bits per heavy atom. The lowest BCUT2D eigenvalue weighted by atomic mass is 10.2. The maximum atomic E-state index is 2.58. The summed E-state index contributed by atoms with van der Waals surface area (Å²) in [5.74, 6) is 2.04. The first-order chi connectivity index (χ1) is 3.91. The van der Waals surface area contributed by atoms with Gasteiger partial charge < -0.3 is 0 Å². The molecule has 0 saturated heterocycles. The highest BCUT2D eigenvalue weighted by molar-refractivity contribution is 7.20. The quantitative estimate of drug-likeness (QED) is 0.405. The minimum atomic E-state index is 1.25. The molecule has 0 fully saturated rings. The van der Waals surface area contributed by atoms with Gasteiger partial charge in [0.15, 0.2) is 0 Å². The van der Waals surface area contributed by atoms with Gasteiger partial charge in [-0.1, -0.05) is 31.7 Å². The highest BCUT2D eigenvalue weighted by Gasteiger charge is 1.78. The van der Waals surface area contributed by atoms with Crippen molar-refractivity contribution in [2.24, 2.45) is 0 Å². The average molecular weight is 130 g/mol. The zero-order chi connectivity index (χ0) is 6.24. The predicted molar refractivity (Wildman–Crippen MR) is 43.0 cm³/mol. The Kier molecular flexibility index (Phi) is 7.32. The second-order valence-electron chi connectivity index (χ2n) is 1.92. The molecule has 0 rings (SSSR count). The topological polar surface area (TPSA) is 0 Å². The molecular formula is C7H15P. The van der Waals surface area contributed by atoms with Gasteiger partial charge in [-0.05, 0) is 12.8 Å². The van der Waals surface area contributed by atoms with Crippen molar-refractivity contribution in [3.05, 3.63) is 11.9 Å². The molecule has 0 aliphatic rings. The molecule has 0 spiro atoms. The summed E-state index contributed by atoms with van der Waals surface area (Å²) in [5, 5.41) is 0. The summed E-state index contributed by atoms with van der Waals surface area (Å²) < 4.78 is 0. The smallest absolute Gasteiger partial charge is 0.0347 e. The van der Waals surface area contributed by atoms with Gasteiger partial charge in [-0.2, -0.15) is 0 Å². The van der Waals surface area contributed by atoms with E-state index in [-0.39, 0.29) is 0 Å². The molecule has 8 heavy (non-hydrogen) atoms. The molecule has 1 unspecified atom stereocenters. The summed E-state index contributed by atoms with van der Waals surface area (Å²) in [6, 6.07) is 0. The standard InChI is InChI=1S/C7H15P/c1-2-3-4-5-6-7-8/h6-7H,2-5,8H2,1H3/b7-6+. The molecule has 0 radical (unpaired) electrons. The molecule has 0 aliphatic heterocycles. The average Bonchev–Trinajstić information content (AvgIpc) is 1.81. The first kappa shape index (κ1) is 8.17. The van der Waals surface area contributed by atoms with Gasteiger partial charge in [0.2, 0.25) is 0 Å². The molecule has 0 aliphatic carbocycles. The third kappa shape index (κ3) is 6.17. The van der Waals surface area contributed by atoms with Gasteiger partial charge in [-0.3, -0.25) is 0 Å². The largest absolute Gasteiger partial charge is 0.114 e. The number of hydrogen-bond acceptors (Lipinski definition) is 0. The molecule has 1 atom stereocenters. The summed E-state index contributed by atoms with van der Waals surface area (Å²) in [6.45, 7) is 2.23. The third-order valence-corrected chi connectivity index (χ3v) is 1.38. The van der Waals surface area contributed by atoms with Crippen LogP contribution in [0, 0.1) is 0 Å². The predicted octanol–water partition coefficient (Wildman–Crippen LogP) is 2.96. The first-order valence-corrected chi connectivity index (χ1v) is 3.95. The first-order valence-electron chi connectivity index (χ1n) is 3.28. The SMILES string of the molecule is CCCCC/C=C/P. The van der Waals surface area contributed by atoms with Crippen molar-refractivity contribution >= 4 is 9.24 Å². The highest BCUT2D eigenvalue weighted by Crippen LogP contribution is 2.00. The summed E-state index contributed by atoms with van der Waals surface area (Å²) in [4.78, 5) is 0. The number of unbranched alkanes of at least 4 members (excludes halogenated alkanes) is 3. The van der Waals surface area contributed by atoms with Crippen LogP contribution in [0.15, 0.2) is 11.9 Å². The van der Waals surface area contributed by atoms with Gasteiger partial charge in [0, 0.05) is 0 Å². The minimum Gasteiger partial charge on any atom is -0.114 e. The second kappa shape index (κ2) is 7.17. The normalized spacial score (nSPS) is 10.8. The van der Waals surface area contributed by atoms with Crippen molar-refractivity contribution in [3.8, 4) is 0 Å². The lowest BCUT2D eigenvalue weighted by molar-refractivity contribution is 0.729. The lowest BCUT2D eigenvalue weighted by Gasteiger charge is -1.88. The molecule has 0 N–H and O–H groups in total. The van der Waals surface area contributed by atoms with Crippen molar-refractivity contribution in [2.75, 3.05) is 0 Å². The molecule has 0 aromatic rings. The third-order valence-electron chi connectivity index (χ3n) is 1.11. The molecule has 0 saturated carbocycles. The minimum absolute atomic E-state index is 1.25. The fourth-order valence-electron chi connectivity index (χ4n) is 0.608. The second-order valence-corrected chi connectivity index (χ2v) is 2.31. The molecule has 1 heteroatoms. The van der Waals surface area contributed by atoms with Gasteiger partial charge >= 0.3 is 0 Å². The Bertz CT molecular complexity index is 57.4. The monoisotopic (exact) mass is 130 g/mol. The Morgan fingerprint density at radius 1 is 1.38 bits per heavy atom. The van der Waals surface area contributed by atoms with E-state index in [1.54, 1.807) is 0 Å². The van der Waals surface area contributed by atoms with Crippen LogP contribution in [0.3, 0.4) is 0 Å².